The van der Waals surface area contributed by atoms with Gasteiger partial charge < -0.3 is 10.4 Å². The molecule has 0 fully saturated rings. The van der Waals surface area contributed by atoms with Crippen molar-refractivity contribution < 1.29 is 23.1 Å². The monoisotopic (exact) mass is 390 g/mol. The number of carbonyl (C=O) groups is 2. The van der Waals surface area contributed by atoms with Crippen LogP contribution in [-0.4, -0.2) is 25.4 Å². The summed E-state index contributed by atoms with van der Waals surface area (Å²) in [6.07, 6.45) is 0.102. The molecule has 7 nitrogen and oxygen atoms in total. The third kappa shape index (κ3) is 4.01. The molecule has 0 aliphatic rings. The SMILES string of the molecule is CCC(NC(=O)c1cc(C)c(C)c(S(N)(=O)=O)c1)(C(=O)O)c1ccccc1. The highest BCUT2D eigenvalue weighted by atomic mass is 32.2. The molecule has 1 unspecified atom stereocenters. The number of rotatable bonds is 6. The molecule has 0 radical (unpaired) electrons. The topological polar surface area (TPSA) is 127 Å². The number of sulfonamides is 1. The number of aliphatic carboxylic acids is 1. The number of carboxylic acids is 1. The fraction of sp³-hybridized carbons (Fsp3) is 0.263. The number of aryl methyl sites for hydroxylation is 1. The van der Waals surface area contributed by atoms with Gasteiger partial charge in [0, 0.05) is 5.56 Å². The highest BCUT2D eigenvalue weighted by Crippen LogP contribution is 2.27. The summed E-state index contributed by atoms with van der Waals surface area (Å²) in [7, 11) is -4.03. The van der Waals surface area contributed by atoms with E-state index >= 15 is 0 Å². The number of nitrogens with two attached hydrogens (primary N) is 1. The average molecular weight is 390 g/mol. The van der Waals surface area contributed by atoms with E-state index < -0.39 is 27.4 Å². The zero-order valence-electron chi connectivity index (χ0n) is 15.3. The van der Waals surface area contributed by atoms with E-state index in [9.17, 15) is 23.1 Å². The maximum absolute atomic E-state index is 12.8. The normalized spacial score (nSPS) is 13.6. The maximum atomic E-state index is 12.8. The largest absolute Gasteiger partial charge is 0.479 e. The van der Waals surface area contributed by atoms with Crippen molar-refractivity contribution in [3.05, 3.63) is 64.7 Å². The Bertz CT molecular complexity index is 987. The lowest BCUT2D eigenvalue weighted by Gasteiger charge is -2.30. The Kier molecular flexibility index (Phi) is 5.72. The van der Waals surface area contributed by atoms with E-state index in [1.165, 1.54) is 12.1 Å². The molecule has 1 atom stereocenters. The van der Waals surface area contributed by atoms with Gasteiger partial charge in [-0.25, -0.2) is 18.4 Å². The van der Waals surface area contributed by atoms with Crippen LogP contribution in [0.2, 0.25) is 0 Å². The second-order valence-electron chi connectivity index (χ2n) is 6.35. The molecule has 1 amide bonds. The Morgan fingerprint density at radius 1 is 1.15 bits per heavy atom. The Labute approximate surface area is 158 Å². The lowest BCUT2D eigenvalue weighted by molar-refractivity contribution is -0.145. The minimum absolute atomic E-state index is 0.0251. The lowest BCUT2D eigenvalue weighted by atomic mass is 9.86. The van der Waals surface area contributed by atoms with Crippen molar-refractivity contribution in [3.63, 3.8) is 0 Å². The first-order valence-electron chi connectivity index (χ1n) is 8.28. The predicted octanol–water partition coefficient (Wildman–Crippen LogP) is 2.07. The Morgan fingerprint density at radius 3 is 2.22 bits per heavy atom. The zero-order valence-corrected chi connectivity index (χ0v) is 16.1. The molecule has 0 heterocycles. The summed E-state index contributed by atoms with van der Waals surface area (Å²) in [5.74, 6) is -1.91. The van der Waals surface area contributed by atoms with Crippen molar-refractivity contribution in [1.82, 2.24) is 5.32 Å². The highest BCUT2D eigenvalue weighted by molar-refractivity contribution is 7.89. The van der Waals surface area contributed by atoms with Crippen molar-refractivity contribution >= 4 is 21.9 Å². The number of carbonyl (C=O) groups excluding carboxylic acids is 1. The Hall–Kier alpha value is -2.71. The number of amides is 1. The van der Waals surface area contributed by atoms with Gasteiger partial charge in [0.15, 0.2) is 5.54 Å². The molecule has 27 heavy (non-hydrogen) atoms. The fourth-order valence-electron chi connectivity index (χ4n) is 2.94. The van der Waals surface area contributed by atoms with Gasteiger partial charge in [-0.3, -0.25) is 4.79 Å². The number of carboxylic acid groups (broad SMARTS) is 1. The van der Waals surface area contributed by atoms with Gasteiger partial charge in [-0.15, -0.1) is 0 Å². The van der Waals surface area contributed by atoms with Crippen LogP contribution in [0, 0.1) is 13.8 Å². The zero-order chi connectivity index (χ0) is 20.4. The van der Waals surface area contributed by atoms with Gasteiger partial charge in [-0.1, -0.05) is 37.3 Å². The molecule has 144 valence electrons. The minimum Gasteiger partial charge on any atom is -0.479 e. The molecular formula is C19H22N2O5S. The molecule has 2 aromatic carbocycles. The molecule has 0 aromatic heterocycles. The van der Waals surface area contributed by atoms with Gasteiger partial charge >= 0.3 is 5.97 Å². The van der Waals surface area contributed by atoms with Crippen LogP contribution in [0.25, 0.3) is 0 Å². The van der Waals surface area contributed by atoms with Gasteiger partial charge in [-0.05, 0) is 49.1 Å². The van der Waals surface area contributed by atoms with Crippen LogP contribution in [0.4, 0.5) is 0 Å². The van der Waals surface area contributed by atoms with Crippen LogP contribution in [0.15, 0.2) is 47.4 Å². The molecule has 4 N–H and O–H groups in total. The van der Waals surface area contributed by atoms with E-state index in [0.717, 1.165) is 0 Å². The fourth-order valence-corrected chi connectivity index (χ4v) is 3.81. The molecule has 0 aliphatic heterocycles. The van der Waals surface area contributed by atoms with Crippen LogP contribution in [0.1, 0.15) is 40.4 Å². The minimum atomic E-state index is -4.03. The van der Waals surface area contributed by atoms with E-state index in [1.54, 1.807) is 51.1 Å². The summed E-state index contributed by atoms with van der Waals surface area (Å²) in [6, 6.07) is 11.0. The van der Waals surface area contributed by atoms with Crippen molar-refractivity contribution in [1.29, 1.82) is 0 Å². The highest BCUT2D eigenvalue weighted by Gasteiger charge is 2.40. The molecule has 0 bridgehead atoms. The summed E-state index contributed by atoms with van der Waals surface area (Å²) in [5, 5.41) is 17.6. The van der Waals surface area contributed by atoms with Crippen LogP contribution in [0.3, 0.4) is 0 Å². The standard InChI is InChI=1S/C19H22N2O5S/c1-4-19(18(23)24,15-8-6-5-7-9-15)21-17(22)14-10-12(2)13(3)16(11-14)27(20,25)26/h5-11H,4H2,1-3H3,(H,21,22)(H,23,24)(H2,20,25,26). The first-order chi connectivity index (χ1) is 12.5. The van der Waals surface area contributed by atoms with Gasteiger partial charge in [0.05, 0.1) is 4.90 Å². The number of benzene rings is 2. The number of hydrogen-bond donors (Lipinski definition) is 3. The smallest absolute Gasteiger partial charge is 0.334 e. The average Bonchev–Trinajstić information content (AvgIpc) is 2.61. The van der Waals surface area contributed by atoms with Gasteiger partial charge in [0.1, 0.15) is 0 Å². The second-order valence-corrected chi connectivity index (χ2v) is 7.88. The van der Waals surface area contributed by atoms with E-state index in [2.05, 4.69) is 5.32 Å². The lowest BCUT2D eigenvalue weighted by Crippen LogP contribution is -2.51. The molecule has 2 rings (SSSR count). The third-order valence-electron chi connectivity index (χ3n) is 4.68. The molecule has 0 spiro atoms. The first kappa shape index (κ1) is 20.6. The number of hydrogen-bond acceptors (Lipinski definition) is 4. The van der Waals surface area contributed by atoms with Gasteiger partial charge in [-0.2, -0.15) is 0 Å². The quantitative estimate of drug-likeness (QED) is 0.696. The number of primary sulfonamides is 1. The molecule has 0 saturated carbocycles. The van der Waals surface area contributed by atoms with Gasteiger partial charge in [0.25, 0.3) is 5.91 Å². The first-order valence-corrected chi connectivity index (χ1v) is 9.83. The van der Waals surface area contributed by atoms with Crippen molar-refractivity contribution in [3.8, 4) is 0 Å². The third-order valence-corrected chi connectivity index (χ3v) is 5.71. The molecule has 2 aromatic rings. The van der Waals surface area contributed by atoms with E-state index in [1.807, 2.05) is 0 Å². The Morgan fingerprint density at radius 2 is 1.74 bits per heavy atom. The summed E-state index contributed by atoms with van der Waals surface area (Å²) in [5.41, 5.74) is -0.194. The second kappa shape index (κ2) is 7.50. The predicted molar refractivity (Wildman–Crippen MR) is 101 cm³/mol. The van der Waals surface area contributed by atoms with Gasteiger partial charge in [0.2, 0.25) is 10.0 Å². The van der Waals surface area contributed by atoms with Crippen LogP contribution >= 0.6 is 0 Å². The van der Waals surface area contributed by atoms with Crippen molar-refractivity contribution in [2.75, 3.05) is 0 Å². The molecule has 0 aliphatic carbocycles. The molecule has 0 saturated heterocycles. The van der Waals surface area contributed by atoms with Crippen LogP contribution in [0.5, 0.6) is 0 Å². The summed E-state index contributed by atoms with van der Waals surface area (Å²) in [4.78, 5) is 24.7. The molecule has 8 heteroatoms. The summed E-state index contributed by atoms with van der Waals surface area (Å²) in [6.45, 7) is 4.90. The number of nitrogens with one attached hydrogen (secondary N) is 1. The maximum Gasteiger partial charge on any atom is 0.334 e. The van der Waals surface area contributed by atoms with E-state index in [-0.39, 0.29) is 16.9 Å². The van der Waals surface area contributed by atoms with Crippen molar-refractivity contribution in [2.24, 2.45) is 5.14 Å². The molecular weight excluding hydrogens is 368 g/mol. The van der Waals surface area contributed by atoms with E-state index in [0.29, 0.717) is 16.7 Å². The Balaban J connectivity index is 2.54. The van der Waals surface area contributed by atoms with Crippen molar-refractivity contribution in [2.45, 2.75) is 37.6 Å². The van der Waals surface area contributed by atoms with E-state index in [4.69, 9.17) is 5.14 Å². The summed E-state index contributed by atoms with van der Waals surface area (Å²) < 4.78 is 23.6. The van der Waals surface area contributed by atoms with Crippen LogP contribution in [-0.2, 0) is 20.4 Å². The summed E-state index contributed by atoms with van der Waals surface area (Å²) >= 11 is 0. The van der Waals surface area contributed by atoms with Crippen LogP contribution < -0.4 is 10.5 Å².